The van der Waals surface area contributed by atoms with Crippen molar-refractivity contribution in [2.75, 3.05) is 23.4 Å². The smallest absolute Gasteiger partial charge is 0.304 e. The van der Waals surface area contributed by atoms with E-state index in [2.05, 4.69) is 60.5 Å². The molecule has 4 unspecified atom stereocenters. The highest BCUT2D eigenvalue weighted by molar-refractivity contribution is 6.03. The summed E-state index contributed by atoms with van der Waals surface area (Å²) in [6.07, 6.45) is 6.54. The highest BCUT2D eigenvalue weighted by Gasteiger charge is 2.37. The number of para-hydroxylation sites is 1. The van der Waals surface area contributed by atoms with Crippen LogP contribution in [0.25, 0.3) is 0 Å². The zero-order valence-electron chi connectivity index (χ0n) is 19.2. The second-order valence-corrected chi connectivity index (χ2v) is 9.35. The van der Waals surface area contributed by atoms with Gasteiger partial charge < -0.3 is 19.9 Å². The van der Waals surface area contributed by atoms with Crippen molar-refractivity contribution >= 4 is 23.2 Å². The van der Waals surface area contributed by atoms with Crippen LogP contribution in [0.15, 0.2) is 65.3 Å². The number of hydrogen-bond acceptors (Lipinski definition) is 6. The fourth-order valence-corrected chi connectivity index (χ4v) is 5.43. The van der Waals surface area contributed by atoms with Crippen LogP contribution in [0, 0.1) is 5.92 Å². The van der Waals surface area contributed by atoms with E-state index in [-0.39, 0.29) is 24.4 Å². The van der Waals surface area contributed by atoms with Gasteiger partial charge in [-0.1, -0.05) is 37.3 Å². The van der Waals surface area contributed by atoms with E-state index >= 15 is 0 Å². The third-order valence-corrected chi connectivity index (χ3v) is 7.08. The number of amidine groups is 1. The minimum Gasteiger partial charge on any atom is -0.493 e. The summed E-state index contributed by atoms with van der Waals surface area (Å²) in [5.74, 6) is 2.08. The molecule has 3 aliphatic heterocycles. The molecule has 2 aromatic rings. The Labute approximate surface area is 198 Å². The lowest BCUT2D eigenvalue weighted by Gasteiger charge is -2.27. The van der Waals surface area contributed by atoms with E-state index in [1.807, 2.05) is 18.2 Å². The highest BCUT2D eigenvalue weighted by Crippen LogP contribution is 2.46. The molecule has 7 heteroatoms. The van der Waals surface area contributed by atoms with E-state index < -0.39 is 5.97 Å². The molecule has 7 nitrogen and oxygen atoms in total. The van der Waals surface area contributed by atoms with Gasteiger partial charge >= 0.3 is 5.97 Å². The Morgan fingerprint density at radius 1 is 1.21 bits per heavy atom. The number of anilines is 2. The van der Waals surface area contributed by atoms with Gasteiger partial charge in [-0.15, -0.1) is 0 Å². The van der Waals surface area contributed by atoms with Crippen molar-refractivity contribution in [2.45, 2.75) is 38.3 Å². The van der Waals surface area contributed by atoms with E-state index in [9.17, 15) is 4.79 Å². The van der Waals surface area contributed by atoms with Crippen LogP contribution in [0.3, 0.4) is 0 Å². The molecule has 0 fully saturated rings. The molecule has 0 amide bonds. The first-order valence-electron chi connectivity index (χ1n) is 11.7. The standard InChI is InChI=1S/C27H27N3O4/c1-15-5-3-7-22-26(15)28-16(2)30(22)23-8-4-6-20-21(14-34-27(20)23)29-18-9-10-19-17(11-25(31)32)13-33-24(19)12-18/h3-10,12,15,17,21,26,29H,11,13-14H2,1-2H3,(H,31,32). The molecule has 4 aliphatic rings. The molecular formula is C27H27N3O4. The van der Waals surface area contributed by atoms with Crippen LogP contribution in [0.1, 0.15) is 43.4 Å². The monoisotopic (exact) mass is 457 g/mol. The number of rotatable bonds is 5. The molecule has 0 bridgehead atoms. The summed E-state index contributed by atoms with van der Waals surface area (Å²) in [5, 5.41) is 12.7. The normalized spacial score (nSPS) is 26.1. The van der Waals surface area contributed by atoms with Gasteiger partial charge in [0, 0.05) is 40.4 Å². The maximum absolute atomic E-state index is 11.1. The number of carboxylic acid groups (broad SMARTS) is 1. The summed E-state index contributed by atoms with van der Waals surface area (Å²) < 4.78 is 12.0. The summed E-state index contributed by atoms with van der Waals surface area (Å²) >= 11 is 0. The van der Waals surface area contributed by atoms with Gasteiger partial charge in [-0.2, -0.15) is 0 Å². The fourth-order valence-electron chi connectivity index (χ4n) is 5.43. The Bertz CT molecular complexity index is 1260. The minimum atomic E-state index is -0.807. The molecule has 1 aliphatic carbocycles. The van der Waals surface area contributed by atoms with Crippen LogP contribution >= 0.6 is 0 Å². The molecule has 0 radical (unpaired) electrons. The van der Waals surface area contributed by atoms with E-state index in [4.69, 9.17) is 19.6 Å². The molecule has 2 aromatic carbocycles. The first kappa shape index (κ1) is 20.8. The number of carboxylic acids is 1. The largest absolute Gasteiger partial charge is 0.493 e. The second kappa shape index (κ2) is 7.94. The van der Waals surface area contributed by atoms with E-state index in [1.165, 1.54) is 5.70 Å². The van der Waals surface area contributed by atoms with Gasteiger partial charge in [0.2, 0.25) is 0 Å². The van der Waals surface area contributed by atoms with Gasteiger partial charge in [0.15, 0.2) is 0 Å². The predicted octanol–water partition coefficient (Wildman–Crippen LogP) is 4.88. The molecule has 34 heavy (non-hydrogen) atoms. The Balaban J connectivity index is 1.26. The fraction of sp³-hybridized carbons (Fsp3) is 0.333. The number of ether oxygens (including phenoxy) is 2. The predicted molar refractivity (Wildman–Crippen MR) is 131 cm³/mol. The SMILES string of the molecule is CC1=NC2C(=CC=CC2C)N1c1cccc2c1OCC2Nc1ccc2c(c1)OCC2CC(=O)O. The van der Waals surface area contributed by atoms with Crippen molar-refractivity contribution in [3.8, 4) is 11.5 Å². The number of carbonyl (C=O) groups is 1. The summed E-state index contributed by atoms with van der Waals surface area (Å²) in [6, 6.07) is 12.3. The maximum atomic E-state index is 11.1. The summed E-state index contributed by atoms with van der Waals surface area (Å²) in [7, 11) is 0. The quantitative estimate of drug-likeness (QED) is 0.666. The van der Waals surface area contributed by atoms with Crippen LogP contribution in [0.4, 0.5) is 11.4 Å². The van der Waals surface area contributed by atoms with Crippen LogP contribution in [-0.2, 0) is 4.79 Å². The van der Waals surface area contributed by atoms with Gasteiger partial charge in [-0.3, -0.25) is 14.7 Å². The average Bonchev–Trinajstić information content (AvgIpc) is 3.50. The van der Waals surface area contributed by atoms with Crippen molar-refractivity contribution in [1.82, 2.24) is 0 Å². The number of nitrogens with zero attached hydrogens (tertiary/aromatic N) is 2. The summed E-state index contributed by atoms with van der Waals surface area (Å²) in [4.78, 5) is 18.3. The molecule has 174 valence electrons. The molecule has 3 heterocycles. The Morgan fingerprint density at radius 3 is 2.94 bits per heavy atom. The molecule has 0 spiro atoms. The number of benzene rings is 2. The van der Waals surface area contributed by atoms with Gasteiger partial charge in [0.25, 0.3) is 0 Å². The topological polar surface area (TPSA) is 83.4 Å². The first-order valence-corrected chi connectivity index (χ1v) is 11.7. The van der Waals surface area contributed by atoms with Crippen molar-refractivity contribution in [2.24, 2.45) is 10.9 Å². The molecule has 0 saturated carbocycles. The lowest BCUT2D eigenvalue weighted by atomic mass is 9.94. The number of aliphatic carboxylic acids is 1. The van der Waals surface area contributed by atoms with Crippen LogP contribution in [-0.4, -0.2) is 36.2 Å². The Hall–Kier alpha value is -3.74. The number of aliphatic imine (C=N–C) groups is 1. The summed E-state index contributed by atoms with van der Waals surface area (Å²) in [6.45, 7) is 5.18. The Kier molecular flexibility index (Phi) is 4.86. The van der Waals surface area contributed by atoms with Crippen LogP contribution < -0.4 is 19.7 Å². The minimum absolute atomic E-state index is 0.000908. The van der Waals surface area contributed by atoms with E-state index in [0.717, 1.165) is 39.8 Å². The molecule has 0 aromatic heterocycles. The van der Waals surface area contributed by atoms with Crippen molar-refractivity contribution in [1.29, 1.82) is 0 Å². The lowest BCUT2D eigenvalue weighted by molar-refractivity contribution is -0.137. The van der Waals surface area contributed by atoms with Crippen molar-refractivity contribution < 1.29 is 19.4 Å². The molecular weight excluding hydrogens is 430 g/mol. The van der Waals surface area contributed by atoms with Crippen molar-refractivity contribution in [3.63, 3.8) is 0 Å². The zero-order chi connectivity index (χ0) is 23.4. The molecule has 6 rings (SSSR count). The van der Waals surface area contributed by atoms with Crippen molar-refractivity contribution in [3.05, 3.63) is 71.5 Å². The van der Waals surface area contributed by atoms with Gasteiger partial charge in [0.05, 0.1) is 30.8 Å². The number of allylic oxidation sites excluding steroid dienone is 2. The van der Waals surface area contributed by atoms with Gasteiger partial charge in [-0.05, 0) is 25.1 Å². The lowest BCUT2D eigenvalue weighted by Crippen LogP contribution is -2.28. The van der Waals surface area contributed by atoms with E-state index in [0.29, 0.717) is 19.1 Å². The van der Waals surface area contributed by atoms with Crippen LogP contribution in [0.2, 0.25) is 0 Å². The maximum Gasteiger partial charge on any atom is 0.304 e. The third-order valence-electron chi connectivity index (χ3n) is 7.08. The summed E-state index contributed by atoms with van der Waals surface area (Å²) in [5.41, 5.74) is 5.20. The van der Waals surface area contributed by atoms with Crippen LogP contribution in [0.5, 0.6) is 11.5 Å². The number of hydrogen-bond donors (Lipinski definition) is 2. The number of nitrogens with one attached hydrogen (secondary N) is 1. The average molecular weight is 458 g/mol. The second-order valence-electron chi connectivity index (χ2n) is 9.35. The molecule has 2 N–H and O–H groups in total. The highest BCUT2D eigenvalue weighted by atomic mass is 16.5. The first-order chi connectivity index (χ1) is 16.5. The molecule has 0 saturated heterocycles. The number of fused-ring (bicyclic) bond motifs is 3. The molecule has 4 atom stereocenters. The Morgan fingerprint density at radius 2 is 2.09 bits per heavy atom. The zero-order valence-corrected chi connectivity index (χ0v) is 19.2. The van der Waals surface area contributed by atoms with Gasteiger partial charge in [-0.25, -0.2) is 0 Å². The van der Waals surface area contributed by atoms with Gasteiger partial charge in [0.1, 0.15) is 23.9 Å². The third kappa shape index (κ3) is 3.34. The van der Waals surface area contributed by atoms with E-state index in [1.54, 1.807) is 0 Å².